The highest BCUT2D eigenvalue weighted by Crippen LogP contribution is 2.49. The molecule has 2 aromatic carbocycles. The summed E-state index contributed by atoms with van der Waals surface area (Å²) in [7, 11) is 2.67. The van der Waals surface area contributed by atoms with Crippen LogP contribution >= 0.6 is 0 Å². The van der Waals surface area contributed by atoms with Crippen LogP contribution in [0.15, 0.2) is 53.4 Å². The Morgan fingerprint density at radius 1 is 1.07 bits per heavy atom. The molecule has 164 valence electrons. The van der Waals surface area contributed by atoms with E-state index in [1.807, 2.05) is 49.4 Å². The van der Waals surface area contributed by atoms with Crippen molar-refractivity contribution in [2.75, 3.05) is 26.9 Å². The van der Waals surface area contributed by atoms with Crippen molar-refractivity contribution in [2.45, 2.75) is 56.4 Å². The Balaban J connectivity index is 2.32. The number of aliphatic hydroxyl groups excluding tert-OH is 1. The highest BCUT2D eigenvalue weighted by molar-refractivity contribution is 7.91. The first kappa shape index (κ1) is 23.0. The molecule has 0 radical (unpaired) electrons. The molecule has 0 saturated heterocycles. The van der Waals surface area contributed by atoms with Crippen LogP contribution in [0.25, 0.3) is 0 Å². The average molecular weight is 431 g/mol. The fraction of sp³-hybridized carbons (Fsp3) is 0.520. The zero-order valence-electron chi connectivity index (χ0n) is 18.9. The van der Waals surface area contributed by atoms with Gasteiger partial charge in [0.25, 0.3) is 0 Å². The van der Waals surface area contributed by atoms with Crippen LogP contribution in [0.2, 0.25) is 0 Å². The topological polar surface area (TPSA) is 54.4 Å². The molecule has 0 bridgehead atoms. The fourth-order valence-corrected chi connectivity index (χ4v) is 7.06. The van der Waals surface area contributed by atoms with Crippen LogP contribution in [0.3, 0.4) is 0 Å². The van der Waals surface area contributed by atoms with Crippen molar-refractivity contribution in [3.05, 3.63) is 59.7 Å². The first-order chi connectivity index (χ1) is 14.1. The van der Waals surface area contributed by atoms with E-state index in [2.05, 4.69) is 28.1 Å². The minimum Gasteiger partial charge on any atom is -0.392 e. The van der Waals surface area contributed by atoms with Gasteiger partial charge in [-0.05, 0) is 30.0 Å². The molecule has 1 heterocycles. The van der Waals surface area contributed by atoms with Gasteiger partial charge in [0.2, 0.25) is 0 Å². The molecule has 0 unspecified atom stereocenters. The van der Waals surface area contributed by atoms with Gasteiger partial charge >= 0.3 is 0 Å². The quantitative estimate of drug-likeness (QED) is 0.673. The molecule has 1 aliphatic rings. The number of fused-ring (bicyclic) bond motifs is 1. The first-order valence-electron chi connectivity index (χ1n) is 11.0. The number of benzene rings is 2. The molecule has 1 aliphatic heterocycles. The van der Waals surface area contributed by atoms with Crippen LogP contribution < -0.4 is 4.48 Å². The lowest BCUT2D eigenvalue weighted by Gasteiger charge is -2.39. The molecule has 30 heavy (non-hydrogen) atoms. The highest BCUT2D eigenvalue weighted by atomic mass is 32.2. The van der Waals surface area contributed by atoms with E-state index >= 15 is 0 Å². The number of aliphatic hydroxyl groups is 1. The van der Waals surface area contributed by atoms with Crippen molar-refractivity contribution in [3.8, 4) is 0 Å². The number of hydrogen-bond acceptors (Lipinski definition) is 3. The minimum absolute atomic E-state index is 0.00226. The third-order valence-electron chi connectivity index (χ3n) is 6.75. The zero-order valence-corrected chi connectivity index (χ0v) is 19.7. The molecule has 3 atom stereocenters. The van der Waals surface area contributed by atoms with E-state index in [4.69, 9.17) is 0 Å². The number of sulfone groups is 1. The Morgan fingerprint density at radius 2 is 1.73 bits per heavy atom. The van der Waals surface area contributed by atoms with Crippen LogP contribution in [-0.4, -0.2) is 46.5 Å². The summed E-state index contributed by atoms with van der Waals surface area (Å²) >= 11 is 0. The SMILES string of the molecule is CCCC[C@]1(CC)CS(=O)(=O)c2ccc([N+](C)(C)C)cc2[C@@H](c2ccccc2)[C@H]1O. The van der Waals surface area contributed by atoms with E-state index in [1.165, 1.54) is 0 Å². The smallest absolute Gasteiger partial charge is 0.179 e. The Kier molecular flexibility index (Phi) is 6.47. The number of rotatable bonds is 6. The van der Waals surface area contributed by atoms with Crippen molar-refractivity contribution in [1.82, 2.24) is 4.48 Å². The lowest BCUT2D eigenvalue weighted by molar-refractivity contribution is 0.0174. The van der Waals surface area contributed by atoms with E-state index in [-0.39, 0.29) is 11.7 Å². The third-order valence-corrected chi connectivity index (χ3v) is 8.75. The van der Waals surface area contributed by atoms with Gasteiger partial charge < -0.3 is 5.11 Å². The van der Waals surface area contributed by atoms with Gasteiger partial charge in [-0.1, -0.05) is 57.0 Å². The van der Waals surface area contributed by atoms with E-state index in [0.717, 1.165) is 29.7 Å². The molecular formula is C25H36NO3S+. The van der Waals surface area contributed by atoms with E-state index < -0.39 is 21.4 Å². The van der Waals surface area contributed by atoms with Crippen molar-refractivity contribution in [3.63, 3.8) is 0 Å². The molecule has 0 aliphatic carbocycles. The molecule has 0 aromatic heterocycles. The van der Waals surface area contributed by atoms with E-state index in [1.54, 1.807) is 6.07 Å². The lowest BCUT2D eigenvalue weighted by Crippen LogP contribution is -2.42. The number of quaternary nitrogens is 1. The summed E-state index contributed by atoms with van der Waals surface area (Å²) in [6.45, 7) is 4.13. The molecular weight excluding hydrogens is 394 g/mol. The van der Waals surface area contributed by atoms with Gasteiger partial charge in [-0.25, -0.2) is 8.42 Å². The second kappa shape index (κ2) is 8.45. The van der Waals surface area contributed by atoms with Gasteiger partial charge in [-0.3, -0.25) is 4.48 Å². The highest BCUT2D eigenvalue weighted by Gasteiger charge is 2.49. The lowest BCUT2D eigenvalue weighted by atomic mass is 9.69. The summed E-state index contributed by atoms with van der Waals surface area (Å²) in [4.78, 5) is 0.374. The standard InChI is InChI=1S/C25H36NO3S/c1-6-8-16-25(7-2)18-30(28,29)22-15-14-20(26(3,4)5)17-21(22)23(24(25)27)19-12-10-9-11-13-19/h9-15,17,23-24,27H,6-8,16,18H2,1-5H3/q+1/t23-,24-,25-/m1/s1. The summed E-state index contributed by atoms with van der Waals surface area (Å²) in [6, 6.07) is 15.6. The predicted octanol–water partition coefficient (Wildman–Crippen LogP) is 4.75. The Morgan fingerprint density at radius 3 is 2.30 bits per heavy atom. The summed E-state index contributed by atoms with van der Waals surface area (Å²) < 4.78 is 27.8. The summed E-state index contributed by atoms with van der Waals surface area (Å²) in [5.41, 5.74) is 2.06. The summed E-state index contributed by atoms with van der Waals surface area (Å²) in [6.07, 6.45) is 2.45. The Bertz CT molecular complexity index is 979. The molecule has 5 heteroatoms. The normalized spacial score (nSPS) is 26.1. The third kappa shape index (κ3) is 4.20. The van der Waals surface area contributed by atoms with E-state index in [9.17, 15) is 13.5 Å². The van der Waals surface area contributed by atoms with Gasteiger partial charge in [0.1, 0.15) is 5.69 Å². The molecule has 4 nitrogen and oxygen atoms in total. The molecule has 2 aromatic rings. The van der Waals surface area contributed by atoms with Gasteiger partial charge in [0.15, 0.2) is 9.84 Å². The number of hydrogen-bond donors (Lipinski definition) is 1. The zero-order chi connectivity index (χ0) is 22.2. The Hall–Kier alpha value is -1.69. The van der Waals surface area contributed by atoms with Gasteiger partial charge in [-0.2, -0.15) is 0 Å². The maximum Gasteiger partial charge on any atom is 0.179 e. The predicted molar refractivity (Wildman–Crippen MR) is 125 cm³/mol. The molecule has 0 spiro atoms. The van der Waals surface area contributed by atoms with Gasteiger partial charge in [-0.15, -0.1) is 0 Å². The second-order valence-corrected chi connectivity index (χ2v) is 11.6. The monoisotopic (exact) mass is 430 g/mol. The molecule has 0 amide bonds. The summed E-state index contributed by atoms with van der Waals surface area (Å²) in [5, 5.41) is 11.8. The van der Waals surface area contributed by atoms with Crippen LogP contribution in [0.4, 0.5) is 5.69 Å². The van der Waals surface area contributed by atoms with Crippen LogP contribution in [-0.2, 0) is 9.84 Å². The Labute approximate surface area is 182 Å². The van der Waals surface area contributed by atoms with Crippen molar-refractivity contribution in [1.29, 1.82) is 0 Å². The van der Waals surface area contributed by atoms with Gasteiger partial charge in [0, 0.05) is 23.5 Å². The first-order valence-corrected chi connectivity index (χ1v) is 12.6. The van der Waals surface area contributed by atoms with Crippen LogP contribution in [0, 0.1) is 5.41 Å². The molecule has 3 rings (SSSR count). The fourth-order valence-electron chi connectivity index (χ4n) is 4.80. The molecule has 1 N–H and O–H groups in total. The number of nitrogens with zero attached hydrogens (tertiary/aromatic N) is 1. The van der Waals surface area contributed by atoms with Crippen molar-refractivity contribution < 1.29 is 13.5 Å². The average Bonchev–Trinajstić information content (AvgIpc) is 2.77. The van der Waals surface area contributed by atoms with Crippen molar-refractivity contribution >= 4 is 15.5 Å². The maximum atomic E-state index is 13.6. The van der Waals surface area contributed by atoms with Crippen molar-refractivity contribution in [2.24, 2.45) is 5.41 Å². The maximum absolute atomic E-state index is 13.6. The second-order valence-electron chi connectivity index (χ2n) is 9.65. The summed E-state index contributed by atoms with van der Waals surface area (Å²) in [5.74, 6) is -0.376. The number of unbranched alkanes of at least 4 members (excludes halogenated alkanes) is 1. The van der Waals surface area contributed by atoms with Crippen LogP contribution in [0.5, 0.6) is 0 Å². The minimum atomic E-state index is -3.53. The molecule has 0 saturated carbocycles. The van der Waals surface area contributed by atoms with Crippen LogP contribution in [0.1, 0.15) is 56.6 Å². The molecule has 0 fully saturated rings. The van der Waals surface area contributed by atoms with E-state index in [0.29, 0.717) is 22.2 Å². The largest absolute Gasteiger partial charge is 0.392 e. The van der Waals surface area contributed by atoms with Gasteiger partial charge in [0.05, 0.1) is 37.9 Å².